The number of nitrogens with one attached hydrogen (secondary N) is 2. The minimum Gasteiger partial charge on any atom is -0.466 e. The average molecular weight is 435 g/mol. The van der Waals surface area contributed by atoms with Crippen LogP contribution < -0.4 is 10.9 Å². The van der Waals surface area contributed by atoms with E-state index in [0.717, 1.165) is 5.56 Å². The van der Waals surface area contributed by atoms with Crippen molar-refractivity contribution < 1.29 is 14.0 Å². The zero-order valence-electron chi connectivity index (χ0n) is 18.3. The minimum absolute atomic E-state index is 0.0707. The molecule has 1 saturated heterocycles. The van der Waals surface area contributed by atoms with Gasteiger partial charge < -0.3 is 24.5 Å². The fourth-order valence-electron chi connectivity index (χ4n) is 3.78. The molecule has 9 heteroatoms. The lowest BCUT2D eigenvalue weighted by Gasteiger charge is -2.34. The van der Waals surface area contributed by atoms with Crippen molar-refractivity contribution in [3.05, 3.63) is 69.7 Å². The van der Waals surface area contributed by atoms with Gasteiger partial charge in [0.1, 0.15) is 17.3 Å². The van der Waals surface area contributed by atoms with E-state index in [9.17, 15) is 14.4 Å². The third-order valence-corrected chi connectivity index (χ3v) is 5.42. The number of anilines is 1. The molecular formula is C23H25N5O4. The molecule has 1 aliphatic rings. The number of nitrogens with zero attached hydrogens (tertiary/aromatic N) is 3. The lowest BCUT2D eigenvalue weighted by Crippen LogP contribution is -2.51. The Morgan fingerprint density at radius 2 is 1.66 bits per heavy atom. The molecule has 3 aromatic rings. The van der Waals surface area contributed by atoms with Gasteiger partial charge in [-0.1, -0.05) is 12.1 Å². The highest BCUT2D eigenvalue weighted by molar-refractivity contribution is 5.95. The summed E-state index contributed by atoms with van der Waals surface area (Å²) >= 11 is 0. The molecular weight excluding hydrogens is 410 g/mol. The monoisotopic (exact) mass is 435 g/mol. The predicted molar refractivity (Wildman–Crippen MR) is 120 cm³/mol. The Balaban J connectivity index is 1.34. The Kier molecular flexibility index (Phi) is 5.81. The van der Waals surface area contributed by atoms with Gasteiger partial charge >= 0.3 is 6.03 Å². The second-order valence-electron chi connectivity index (χ2n) is 7.83. The van der Waals surface area contributed by atoms with E-state index in [1.165, 1.54) is 6.07 Å². The van der Waals surface area contributed by atoms with Crippen molar-refractivity contribution in [1.29, 1.82) is 0 Å². The number of carbonyl (C=O) groups is 2. The lowest BCUT2D eigenvalue weighted by atomic mass is 10.1. The molecule has 2 aromatic heterocycles. The number of furan rings is 1. The van der Waals surface area contributed by atoms with E-state index in [0.29, 0.717) is 60.5 Å². The van der Waals surface area contributed by atoms with Crippen LogP contribution in [0.15, 0.2) is 45.6 Å². The molecule has 32 heavy (non-hydrogen) atoms. The summed E-state index contributed by atoms with van der Waals surface area (Å²) in [5.74, 6) is 1.79. The van der Waals surface area contributed by atoms with E-state index in [-0.39, 0.29) is 17.5 Å². The molecule has 0 radical (unpaired) electrons. The summed E-state index contributed by atoms with van der Waals surface area (Å²) in [5, 5.41) is 2.88. The van der Waals surface area contributed by atoms with Crippen LogP contribution in [0.4, 0.5) is 10.5 Å². The minimum atomic E-state index is -0.217. The van der Waals surface area contributed by atoms with Crippen LogP contribution in [0.2, 0.25) is 0 Å². The van der Waals surface area contributed by atoms with Crippen LogP contribution in [0.1, 0.15) is 27.7 Å². The fourth-order valence-corrected chi connectivity index (χ4v) is 3.78. The van der Waals surface area contributed by atoms with E-state index in [2.05, 4.69) is 15.3 Å². The number of benzene rings is 1. The summed E-state index contributed by atoms with van der Waals surface area (Å²) in [5.41, 5.74) is 2.37. The summed E-state index contributed by atoms with van der Waals surface area (Å²) in [4.78, 5) is 47.4. The number of hydrogen-bond acceptors (Lipinski definition) is 5. The Labute approximate surface area is 185 Å². The zero-order chi connectivity index (χ0) is 22.8. The normalized spacial score (nSPS) is 13.8. The van der Waals surface area contributed by atoms with Gasteiger partial charge in [-0.3, -0.25) is 9.59 Å². The highest BCUT2D eigenvalue weighted by Crippen LogP contribution is 2.20. The number of amides is 3. The third-order valence-electron chi connectivity index (χ3n) is 5.42. The quantitative estimate of drug-likeness (QED) is 0.657. The van der Waals surface area contributed by atoms with E-state index < -0.39 is 0 Å². The molecule has 1 aliphatic heterocycles. The summed E-state index contributed by atoms with van der Waals surface area (Å²) in [6.07, 6.45) is 0. The number of hydrogen-bond donors (Lipinski definition) is 2. The van der Waals surface area contributed by atoms with Crippen molar-refractivity contribution >= 4 is 17.6 Å². The Morgan fingerprint density at radius 1 is 1.00 bits per heavy atom. The van der Waals surface area contributed by atoms with Crippen LogP contribution >= 0.6 is 0 Å². The summed E-state index contributed by atoms with van der Waals surface area (Å²) < 4.78 is 5.46. The van der Waals surface area contributed by atoms with Gasteiger partial charge in [0.2, 0.25) is 0 Å². The number of aromatic amines is 1. The van der Waals surface area contributed by atoms with Crippen LogP contribution in [-0.2, 0) is 0 Å². The van der Waals surface area contributed by atoms with Gasteiger partial charge in [-0.2, -0.15) is 0 Å². The molecule has 0 unspecified atom stereocenters. The second kappa shape index (κ2) is 8.70. The molecule has 0 saturated carbocycles. The lowest BCUT2D eigenvalue weighted by molar-refractivity contribution is 0.0670. The molecule has 9 nitrogen and oxygen atoms in total. The smallest absolute Gasteiger partial charge is 0.321 e. The van der Waals surface area contributed by atoms with Crippen LogP contribution in [0.5, 0.6) is 0 Å². The van der Waals surface area contributed by atoms with Crippen LogP contribution in [0.25, 0.3) is 11.3 Å². The molecule has 166 valence electrons. The molecule has 0 aliphatic carbocycles. The van der Waals surface area contributed by atoms with Crippen molar-refractivity contribution in [2.75, 3.05) is 31.5 Å². The maximum Gasteiger partial charge on any atom is 0.321 e. The van der Waals surface area contributed by atoms with Gasteiger partial charge in [-0.15, -0.1) is 0 Å². The first-order valence-corrected chi connectivity index (χ1v) is 10.4. The van der Waals surface area contributed by atoms with Crippen molar-refractivity contribution in [3.8, 4) is 11.3 Å². The SMILES string of the molecule is Cc1nc(-c2ccc(NC(=O)N3CCN(C(=O)c4cc(C)oc4C)CC3)cc2)cc(=O)[nH]1. The number of rotatable bonds is 3. The van der Waals surface area contributed by atoms with Gasteiger partial charge in [0.05, 0.1) is 11.3 Å². The van der Waals surface area contributed by atoms with Gasteiger partial charge in [0.15, 0.2) is 0 Å². The second-order valence-corrected chi connectivity index (χ2v) is 7.83. The van der Waals surface area contributed by atoms with Crippen molar-refractivity contribution in [2.24, 2.45) is 0 Å². The van der Waals surface area contributed by atoms with E-state index in [1.807, 2.05) is 19.1 Å². The standard InChI is InChI=1S/C23H25N5O4/c1-14-12-19(15(2)32-14)22(30)27-8-10-28(11-9-27)23(31)26-18-6-4-17(5-7-18)20-13-21(29)25-16(3)24-20/h4-7,12-13H,8-11H2,1-3H3,(H,26,31)(H,24,25,29). The molecule has 0 spiro atoms. The molecule has 3 heterocycles. The Bertz CT molecular complexity index is 1200. The number of carbonyl (C=O) groups excluding carboxylic acids is 2. The molecule has 3 amide bonds. The van der Waals surface area contributed by atoms with Gasteiger partial charge in [-0.05, 0) is 39.0 Å². The Morgan fingerprint density at radius 3 is 2.25 bits per heavy atom. The largest absolute Gasteiger partial charge is 0.466 e. The van der Waals surface area contributed by atoms with Crippen LogP contribution in [-0.4, -0.2) is 57.9 Å². The van der Waals surface area contributed by atoms with E-state index in [4.69, 9.17) is 4.42 Å². The predicted octanol–water partition coefficient (Wildman–Crippen LogP) is 2.95. The van der Waals surface area contributed by atoms with Gasteiger partial charge in [-0.25, -0.2) is 9.78 Å². The average Bonchev–Trinajstić information content (AvgIpc) is 3.11. The highest BCUT2D eigenvalue weighted by atomic mass is 16.3. The number of aryl methyl sites for hydroxylation is 3. The molecule has 0 bridgehead atoms. The van der Waals surface area contributed by atoms with Crippen LogP contribution in [0.3, 0.4) is 0 Å². The first-order chi connectivity index (χ1) is 15.3. The van der Waals surface area contributed by atoms with Gasteiger partial charge in [0, 0.05) is 43.5 Å². The Hall–Kier alpha value is -3.88. The summed E-state index contributed by atoms with van der Waals surface area (Å²) in [7, 11) is 0. The van der Waals surface area contributed by atoms with E-state index in [1.54, 1.807) is 41.8 Å². The van der Waals surface area contributed by atoms with Gasteiger partial charge in [0.25, 0.3) is 11.5 Å². The van der Waals surface area contributed by atoms with E-state index >= 15 is 0 Å². The zero-order valence-corrected chi connectivity index (χ0v) is 18.3. The number of aromatic nitrogens is 2. The van der Waals surface area contributed by atoms with Crippen molar-refractivity contribution in [1.82, 2.24) is 19.8 Å². The maximum atomic E-state index is 12.7. The number of piperazine rings is 1. The molecule has 0 atom stereocenters. The summed E-state index contributed by atoms with van der Waals surface area (Å²) in [6, 6.07) is 10.1. The third kappa shape index (κ3) is 4.56. The number of urea groups is 1. The fraction of sp³-hybridized carbons (Fsp3) is 0.304. The molecule has 2 N–H and O–H groups in total. The summed E-state index contributed by atoms with van der Waals surface area (Å²) in [6.45, 7) is 7.13. The topological polar surface area (TPSA) is 112 Å². The maximum absolute atomic E-state index is 12.7. The van der Waals surface area contributed by atoms with Crippen LogP contribution in [0, 0.1) is 20.8 Å². The first-order valence-electron chi connectivity index (χ1n) is 10.4. The van der Waals surface area contributed by atoms with Crippen molar-refractivity contribution in [2.45, 2.75) is 20.8 Å². The number of H-pyrrole nitrogens is 1. The highest BCUT2D eigenvalue weighted by Gasteiger charge is 2.26. The first kappa shape index (κ1) is 21.4. The molecule has 1 fully saturated rings. The van der Waals surface area contributed by atoms with Crippen molar-refractivity contribution in [3.63, 3.8) is 0 Å². The molecule has 1 aromatic carbocycles. The molecule has 4 rings (SSSR count).